The molecule has 0 fully saturated rings. The quantitative estimate of drug-likeness (QED) is 0.243. The molecule has 0 aliphatic rings. The van der Waals surface area contributed by atoms with E-state index in [0.717, 1.165) is 12.5 Å². The van der Waals surface area contributed by atoms with Crippen LogP contribution in [0.3, 0.4) is 0 Å². The summed E-state index contributed by atoms with van der Waals surface area (Å²) in [6.45, 7) is 2.29. The first-order chi connectivity index (χ1) is 15.5. The van der Waals surface area contributed by atoms with E-state index in [2.05, 4.69) is 11.8 Å². The molecule has 32 heavy (non-hydrogen) atoms. The Morgan fingerprint density at radius 3 is 2.06 bits per heavy atom. The molecule has 0 saturated carbocycles. The molecule has 1 nitrogen and oxygen atoms in total. The van der Waals surface area contributed by atoms with Crippen LogP contribution in [0.25, 0.3) is 21.9 Å². The molecule has 0 aromatic heterocycles. The van der Waals surface area contributed by atoms with Crippen LogP contribution in [-0.2, 0) is 0 Å². The molecule has 0 atom stereocenters. The van der Waals surface area contributed by atoms with Gasteiger partial charge in [0.25, 0.3) is 0 Å². The van der Waals surface area contributed by atoms with Gasteiger partial charge in [0.2, 0.25) is 0 Å². The van der Waals surface area contributed by atoms with Crippen molar-refractivity contribution in [1.82, 2.24) is 0 Å². The van der Waals surface area contributed by atoms with Gasteiger partial charge in [-0.15, -0.1) is 0 Å². The van der Waals surface area contributed by atoms with E-state index in [4.69, 9.17) is 4.74 Å². The molecule has 160 valence electrons. The lowest BCUT2D eigenvalue weighted by atomic mass is 10.0. The number of rotatable bonds is 4. The number of benzene rings is 4. The predicted octanol–water partition coefficient (Wildman–Crippen LogP) is 7.25. The van der Waals surface area contributed by atoms with Crippen LogP contribution < -0.4 is 4.74 Å². The molecule has 0 radical (unpaired) electrons. The van der Waals surface area contributed by atoms with Crippen LogP contribution in [0.1, 0.15) is 24.5 Å². The highest BCUT2D eigenvalue weighted by Gasteiger charge is 2.14. The monoisotopic (exact) mass is 434 g/mol. The summed E-state index contributed by atoms with van der Waals surface area (Å²) in [7, 11) is 0. The molecule has 0 unspecified atom stereocenters. The van der Waals surface area contributed by atoms with E-state index in [1.807, 2.05) is 6.92 Å². The number of hydrogen-bond donors (Lipinski definition) is 0. The van der Waals surface area contributed by atoms with Gasteiger partial charge in [0.1, 0.15) is 17.4 Å². The molecule has 0 saturated heterocycles. The van der Waals surface area contributed by atoms with Crippen LogP contribution in [0.15, 0.2) is 66.7 Å². The summed E-state index contributed by atoms with van der Waals surface area (Å²) in [5.41, 5.74) is 1.53. The molecule has 0 bridgehead atoms. The van der Waals surface area contributed by atoms with E-state index >= 15 is 0 Å². The fraction of sp³-hybridized carbons (Fsp3) is 0.111. The largest absolute Gasteiger partial charge is 0.493 e. The van der Waals surface area contributed by atoms with Gasteiger partial charge in [0, 0.05) is 28.6 Å². The zero-order valence-corrected chi connectivity index (χ0v) is 17.2. The Morgan fingerprint density at radius 1 is 0.719 bits per heavy atom. The lowest BCUT2D eigenvalue weighted by Gasteiger charge is -2.09. The summed E-state index contributed by atoms with van der Waals surface area (Å²) in [5.74, 6) is 2.91. The van der Waals surface area contributed by atoms with Crippen molar-refractivity contribution in [3.63, 3.8) is 0 Å². The van der Waals surface area contributed by atoms with E-state index < -0.39 is 23.3 Å². The highest BCUT2D eigenvalue weighted by molar-refractivity contribution is 5.84. The van der Waals surface area contributed by atoms with Crippen molar-refractivity contribution in [3.8, 4) is 28.7 Å². The second-order valence-electron chi connectivity index (χ2n) is 7.24. The minimum absolute atomic E-state index is 0.128. The molecule has 0 N–H and O–H groups in total. The van der Waals surface area contributed by atoms with Crippen molar-refractivity contribution in [1.29, 1.82) is 0 Å². The maximum atomic E-state index is 14.5. The third-order valence-corrected chi connectivity index (χ3v) is 4.92. The first-order valence-corrected chi connectivity index (χ1v) is 10.1. The number of fused-ring (bicyclic) bond motifs is 1. The van der Waals surface area contributed by atoms with Gasteiger partial charge in [-0.05, 0) is 47.7 Å². The minimum atomic E-state index is -0.896. The Hall–Kier alpha value is -3.78. The van der Waals surface area contributed by atoms with Gasteiger partial charge in [-0.3, -0.25) is 0 Å². The van der Waals surface area contributed by atoms with Gasteiger partial charge in [0.15, 0.2) is 11.6 Å². The van der Waals surface area contributed by atoms with Crippen LogP contribution >= 0.6 is 0 Å². The molecular weight excluding hydrogens is 416 g/mol. The van der Waals surface area contributed by atoms with Crippen LogP contribution in [0.2, 0.25) is 0 Å². The van der Waals surface area contributed by atoms with Gasteiger partial charge in [-0.1, -0.05) is 43.0 Å². The van der Waals surface area contributed by atoms with E-state index in [-0.39, 0.29) is 16.7 Å². The van der Waals surface area contributed by atoms with Gasteiger partial charge in [-0.2, -0.15) is 0 Å². The SMILES string of the molecule is CCCOc1cc(F)c(-c2ccc(C#Cc3ccc4c(F)c(F)ccc4c3)cc2)c(F)c1. The Balaban J connectivity index is 1.57. The average Bonchev–Trinajstić information content (AvgIpc) is 2.79. The van der Waals surface area contributed by atoms with Crippen LogP contribution in [0.5, 0.6) is 5.75 Å². The summed E-state index contributed by atoms with van der Waals surface area (Å²) in [6.07, 6.45) is 0.738. The molecule has 0 aliphatic carbocycles. The van der Waals surface area contributed by atoms with Crippen molar-refractivity contribution in [2.75, 3.05) is 6.61 Å². The number of hydrogen-bond acceptors (Lipinski definition) is 1. The highest BCUT2D eigenvalue weighted by Crippen LogP contribution is 2.30. The zero-order valence-electron chi connectivity index (χ0n) is 17.2. The van der Waals surface area contributed by atoms with Gasteiger partial charge in [0.05, 0.1) is 12.2 Å². The summed E-state index contributed by atoms with van der Waals surface area (Å²) in [4.78, 5) is 0. The smallest absolute Gasteiger partial charge is 0.166 e. The minimum Gasteiger partial charge on any atom is -0.493 e. The lowest BCUT2D eigenvalue weighted by Crippen LogP contribution is -1.98. The molecule has 0 spiro atoms. The normalized spacial score (nSPS) is 10.7. The fourth-order valence-corrected chi connectivity index (χ4v) is 3.34. The van der Waals surface area contributed by atoms with Gasteiger partial charge in [-0.25, -0.2) is 17.6 Å². The first-order valence-electron chi connectivity index (χ1n) is 10.1. The standard InChI is InChI=1S/C27H18F4O/c1-2-13-32-21-15-24(29)26(25(30)16-21)19-8-5-17(6-9-19)3-4-18-7-11-22-20(14-18)10-12-23(28)27(22)31/h5-12,14-16H,2,13H2,1H3. The van der Waals surface area contributed by atoms with E-state index in [9.17, 15) is 17.6 Å². The summed E-state index contributed by atoms with van der Waals surface area (Å²) in [5, 5.41) is 0.735. The van der Waals surface area contributed by atoms with E-state index in [1.54, 1.807) is 36.4 Å². The van der Waals surface area contributed by atoms with E-state index in [1.165, 1.54) is 24.3 Å². The lowest BCUT2D eigenvalue weighted by molar-refractivity contribution is 0.314. The van der Waals surface area contributed by atoms with Crippen molar-refractivity contribution in [2.24, 2.45) is 0 Å². The second-order valence-corrected chi connectivity index (χ2v) is 7.24. The van der Waals surface area contributed by atoms with Gasteiger partial charge >= 0.3 is 0 Å². The summed E-state index contributed by atoms with van der Waals surface area (Å²) in [6, 6.07) is 16.2. The third kappa shape index (κ3) is 4.45. The maximum Gasteiger partial charge on any atom is 0.166 e. The van der Waals surface area contributed by atoms with Gasteiger partial charge < -0.3 is 4.74 Å². The van der Waals surface area contributed by atoms with Crippen molar-refractivity contribution >= 4 is 10.8 Å². The van der Waals surface area contributed by atoms with Crippen molar-refractivity contribution in [3.05, 3.63) is 101 Å². The molecule has 4 aromatic rings. The molecule has 5 heteroatoms. The average molecular weight is 434 g/mol. The second kappa shape index (κ2) is 9.15. The Morgan fingerprint density at radius 2 is 1.38 bits per heavy atom. The van der Waals surface area contributed by atoms with Crippen LogP contribution in [0, 0.1) is 35.1 Å². The molecule has 0 heterocycles. The molecule has 0 aliphatic heterocycles. The first kappa shape index (κ1) is 21.5. The molecule has 4 rings (SSSR count). The Labute approximate surface area is 183 Å². The molecular formula is C27H18F4O. The third-order valence-electron chi connectivity index (χ3n) is 4.92. The number of halogens is 4. The summed E-state index contributed by atoms with van der Waals surface area (Å²) < 4.78 is 61.4. The fourth-order valence-electron chi connectivity index (χ4n) is 3.34. The maximum absolute atomic E-state index is 14.5. The highest BCUT2D eigenvalue weighted by atomic mass is 19.2. The zero-order chi connectivity index (χ0) is 22.7. The van der Waals surface area contributed by atoms with Crippen molar-refractivity contribution in [2.45, 2.75) is 13.3 Å². The molecule has 4 aromatic carbocycles. The van der Waals surface area contributed by atoms with Crippen LogP contribution in [-0.4, -0.2) is 6.61 Å². The predicted molar refractivity (Wildman–Crippen MR) is 117 cm³/mol. The topological polar surface area (TPSA) is 9.23 Å². The van der Waals surface area contributed by atoms with Crippen molar-refractivity contribution < 1.29 is 22.3 Å². The molecule has 0 amide bonds. The number of ether oxygens (including phenoxy) is 1. The van der Waals surface area contributed by atoms with E-state index in [0.29, 0.717) is 28.7 Å². The van der Waals surface area contributed by atoms with Crippen LogP contribution in [0.4, 0.5) is 17.6 Å². The Bertz CT molecular complexity index is 1330. The Kier molecular flexibility index (Phi) is 6.13. The summed E-state index contributed by atoms with van der Waals surface area (Å²) >= 11 is 0.